The lowest BCUT2D eigenvalue weighted by molar-refractivity contribution is -0.0837. The Hall–Kier alpha value is -0.240. The summed E-state index contributed by atoms with van der Waals surface area (Å²) in [5.74, 6) is 0. The molecule has 0 atom stereocenters. The van der Waals surface area contributed by atoms with Gasteiger partial charge in [0.2, 0.25) is 0 Å². The molecule has 0 aliphatic heterocycles. The van der Waals surface area contributed by atoms with Gasteiger partial charge in [0.05, 0.1) is 58.3 Å². The molecule has 0 radical (unpaired) electrons. The van der Waals surface area contributed by atoms with E-state index in [2.05, 4.69) is 0 Å². The third-order valence-electron chi connectivity index (χ3n) is 1.96. The fourth-order valence-electron chi connectivity index (χ4n) is 0.981. The Morgan fingerprint density at radius 3 is 1.40 bits per heavy atom. The summed E-state index contributed by atoms with van der Waals surface area (Å²) in [6.07, 6.45) is 0. The van der Waals surface area contributed by atoms with Crippen molar-refractivity contribution in [3.8, 4) is 0 Å². The van der Waals surface area contributed by atoms with E-state index in [0.29, 0.717) is 0 Å². The number of hydrogen-bond donors (Lipinski definition) is 4. The quantitative estimate of drug-likeness (QED) is 0.320. The molecule has 0 aromatic carbocycles. The second-order valence-corrected chi connectivity index (χ2v) is 3.37. The Kier molecular flexibility index (Phi) is 8.88. The van der Waals surface area contributed by atoms with Crippen LogP contribution in [0.1, 0.15) is 0 Å². The van der Waals surface area contributed by atoms with Crippen LogP contribution in [0.3, 0.4) is 0 Å². The second-order valence-electron chi connectivity index (χ2n) is 3.37. The maximum absolute atomic E-state index is 9.13. The van der Waals surface area contributed by atoms with Crippen molar-refractivity contribution in [1.82, 2.24) is 0 Å². The number of hydrogen-bond acceptors (Lipinski definition) is 6. The number of rotatable bonds is 10. The Bertz CT molecular complexity index is 125. The van der Waals surface area contributed by atoms with E-state index < -0.39 is 5.41 Å². The van der Waals surface area contributed by atoms with Gasteiger partial charge in [0.25, 0.3) is 0 Å². The summed E-state index contributed by atoms with van der Waals surface area (Å²) in [7, 11) is 0. The summed E-state index contributed by atoms with van der Waals surface area (Å²) in [5.41, 5.74) is -0.871. The van der Waals surface area contributed by atoms with Gasteiger partial charge in [-0.2, -0.15) is 0 Å². The van der Waals surface area contributed by atoms with Crippen LogP contribution in [0.15, 0.2) is 0 Å². The van der Waals surface area contributed by atoms with E-state index in [4.69, 9.17) is 29.9 Å². The van der Waals surface area contributed by atoms with Gasteiger partial charge < -0.3 is 29.9 Å². The highest BCUT2D eigenvalue weighted by atomic mass is 16.5. The summed E-state index contributed by atoms with van der Waals surface area (Å²) >= 11 is 0. The molecule has 0 aromatic rings. The summed E-state index contributed by atoms with van der Waals surface area (Å²) in [4.78, 5) is 0. The fourth-order valence-corrected chi connectivity index (χ4v) is 0.981. The predicted molar refractivity (Wildman–Crippen MR) is 52.4 cm³/mol. The SMILES string of the molecule is OCCOCC(CO)(CO)COCCO. The third kappa shape index (κ3) is 6.03. The molecule has 4 N–H and O–H groups in total. The molecule has 0 amide bonds. The molecule has 0 aliphatic rings. The smallest absolute Gasteiger partial charge is 0.0698 e. The van der Waals surface area contributed by atoms with E-state index in [-0.39, 0.29) is 52.9 Å². The second kappa shape index (κ2) is 9.02. The van der Waals surface area contributed by atoms with Crippen LogP contribution >= 0.6 is 0 Å². The average Bonchev–Trinajstić information content (AvgIpc) is 2.28. The molecular weight excluding hydrogens is 204 g/mol. The zero-order valence-corrected chi connectivity index (χ0v) is 8.76. The molecule has 0 aliphatic carbocycles. The highest BCUT2D eigenvalue weighted by Gasteiger charge is 2.29. The van der Waals surface area contributed by atoms with Crippen molar-refractivity contribution in [2.45, 2.75) is 0 Å². The maximum Gasteiger partial charge on any atom is 0.0698 e. The molecule has 92 valence electrons. The third-order valence-corrected chi connectivity index (χ3v) is 1.96. The lowest BCUT2D eigenvalue weighted by atomic mass is 9.92. The Morgan fingerprint density at radius 2 is 1.13 bits per heavy atom. The molecule has 0 bridgehead atoms. The Balaban J connectivity index is 3.93. The summed E-state index contributed by atoms with van der Waals surface area (Å²) in [6.45, 7) is -0.253. The molecule has 0 unspecified atom stereocenters. The van der Waals surface area contributed by atoms with Gasteiger partial charge in [-0.3, -0.25) is 0 Å². The molecule has 0 fully saturated rings. The summed E-state index contributed by atoms with van der Waals surface area (Å²) in [6, 6.07) is 0. The fraction of sp³-hybridized carbons (Fsp3) is 1.00. The van der Waals surface area contributed by atoms with Crippen LogP contribution in [0.25, 0.3) is 0 Å². The van der Waals surface area contributed by atoms with E-state index in [0.717, 1.165) is 0 Å². The number of aliphatic hydroxyl groups is 4. The van der Waals surface area contributed by atoms with Crippen molar-refractivity contribution in [3.05, 3.63) is 0 Å². The van der Waals surface area contributed by atoms with E-state index in [9.17, 15) is 0 Å². The first-order valence-corrected chi connectivity index (χ1v) is 4.83. The van der Waals surface area contributed by atoms with Crippen molar-refractivity contribution < 1.29 is 29.9 Å². The molecule has 0 saturated carbocycles. The van der Waals surface area contributed by atoms with E-state index in [1.807, 2.05) is 0 Å². The van der Waals surface area contributed by atoms with Gasteiger partial charge in [-0.1, -0.05) is 0 Å². The van der Waals surface area contributed by atoms with Gasteiger partial charge in [-0.25, -0.2) is 0 Å². The van der Waals surface area contributed by atoms with Crippen molar-refractivity contribution in [2.75, 3.05) is 52.9 Å². The molecule has 0 heterocycles. The van der Waals surface area contributed by atoms with Crippen LogP contribution in [-0.4, -0.2) is 73.3 Å². The van der Waals surface area contributed by atoms with Gasteiger partial charge in [0.1, 0.15) is 0 Å². The number of aliphatic hydroxyl groups excluding tert-OH is 4. The molecule has 15 heavy (non-hydrogen) atoms. The maximum atomic E-state index is 9.13. The highest BCUT2D eigenvalue weighted by molar-refractivity contribution is 4.77. The minimum absolute atomic E-state index is 0.103. The predicted octanol–water partition coefficient (Wildman–Crippen LogP) is -2.02. The van der Waals surface area contributed by atoms with Crippen LogP contribution in [-0.2, 0) is 9.47 Å². The molecule has 0 aromatic heterocycles. The van der Waals surface area contributed by atoms with Gasteiger partial charge >= 0.3 is 0 Å². The van der Waals surface area contributed by atoms with Gasteiger partial charge in [-0.05, 0) is 0 Å². The molecule has 0 spiro atoms. The van der Waals surface area contributed by atoms with E-state index in [1.165, 1.54) is 0 Å². The highest BCUT2D eigenvalue weighted by Crippen LogP contribution is 2.16. The minimum atomic E-state index is -0.871. The first-order valence-electron chi connectivity index (χ1n) is 4.83. The zero-order chi connectivity index (χ0) is 11.6. The van der Waals surface area contributed by atoms with E-state index in [1.54, 1.807) is 0 Å². The number of ether oxygens (including phenoxy) is 2. The van der Waals surface area contributed by atoms with Gasteiger partial charge in [0, 0.05) is 0 Å². The van der Waals surface area contributed by atoms with Crippen molar-refractivity contribution >= 4 is 0 Å². The first-order chi connectivity index (χ1) is 7.24. The summed E-state index contributed by atoms with van der Waals surface area (Å²) < 4.78 is 10.1. The molecular formula is C9H20O6. The largest absolute Gasteiger partial charge is 0.396 e. The van der Waals surface area contributed by atoms with Crippen LogP contribution in [0.5, 0.6) is 0 Å². The summed E-state index contributed by atoms with van der Waals surface area (Å²) in [5, 5.41) is 35.3. The first kappa shape index (κ1) is 14.8. The van der Waals surface area contributed by atoms with Gasteiger partial charge in [-0.15, -0.1) is 0 Å². The molecule has 0 rings (SSSR count). The van der Waals surface area contributed by atoms with Gasteiger partial charge in [0.15, 0.2) is 0 Å². The van der Waals surface area contributed by atoms with Crippen molar-refractivity contribution in [2.24, 2.45) is 5.41 Å². The topological polar surface area (TPSA) is 99.4 Å². The van der Waals surface area contributed by atoms with Crippen LogP contribution in [0.2, 0.25) is 0 Å². The average molecular weight is 224 g/mol. The molecule has 6 nitrogen and oxygen atoms in total. The Morgan fingerprint density at radius 1 is 0.733 bits per heavy atom. The standard InChI is InChI=1S/C9H20O6/c10-1-3-14-7-9(5-12,6-13)8-15-4-2-11/h10-13H,1-8H2. The molecule has 6 heteroatoms. The zero-order valence-electron chi connectivity index (χ0n) is 8.76. The minimum Gasteiger partial charge on any atom is -0.396 e. The van der Waals surface area contributed by atoms with Crippen LogP contribution in [0, 0.1) is 5.41 Å². The molecule has 0 saturated heterocycles. The Labute approximate surface area is 89.1 Å². The van der Waals surface area contributed by atoms with E-state index >= 15 is 0 Å². The van der Waals surface area contributed by atoms with Crippen LogP contribution in [0.4, 0.5) is 0 Å². The lowest BCUT2D eigenvalue weighted by Crippen LogP contribution is -2.40. The monoisotopic (exact) mass is 224 g/mol. The van der Waals surface area contributed by atoms with Crippen molar-refractivity contribution in [3.63, 3.8) is 0 Å². The van der Waals surface area contributed by atoms with Crippen LogP contribution < -0.4 is 0 Å². The lowest BCUT2D eigenvalue weighted by Gasteiger charge is -2.28. The normalized spacial score (nSPS) is 12.0. The van der Waals surface area contributed by atoms with Crippen molar-refractivity contribution in [1.29, 1.82) is 0 Å².